The molecule has 14 heavy (non-hydrogen) atoms. The zero-order valence-corrected chi connectivity index (χ0v) is 8.53. The summed E-state index contributed by atoms with van der Waals surface area (Å²) in [5.74, 6) is 0.814. The van der Waals surface area contributed by atoms with E-state index in [1.165, 1.54) is 12.8 Å². The molecule has 0 aliphatic heterocycles. The molecule has 1 fully saturated rings. The Labute approximate surface area is 84.4 Å². The molecule has 3 nitrogen and oxygen atoms in total. The molecule has 1 saturated carbocycles. The van der Waals surface area contributed by atoms with Crippen LogP contribution < -0.4 is 5.32 Å². The summed E-state index contributed by atoms with van der Waals surface area (Å²) in [6.07, 6.45) is 6.27. The third-order valence-corrected chi connectivity index (χ3v) is 2.75. The highest BCUT2D eigenvalue weighted by Gasteiger charge is 2.28. The zero-order valence-electron chi connectivity index (χ0n) is 8.53. The van der Waals surface area contributed by atoms with E-state index < -0.39 is 0 Å². The van der Waals surface area contributed by atoms with Crippen LogP contribution >= 0.6 is 0 Å². The van der Waals surface area contributed by atoms with Crippen LogP contribution in [0.1, 0.15) is 18.4 Å². The fourth-order valence-electron chi connectivity index (χ4n) is 1.85. The predicted molar refractivity (Wildman–Crippen MR) is 53.9 cm³/mol. The van der Waals surface area contributed by atoms with Gasteiger partial charge in [0.25, 0.3) is 0 Å². The van der Waals surface area contributed by atoms with Crippen molar-refractivity contribution in [1.29, 1.82) is 0 Å². The maximum absolute atomic E-state index is 5.71. The van der Waals surface area contributed by atoms with Gasteiger partial charge in [0.15, 0.2) is 0 Å². The normalized spacial score (nSPS) is 26.1. The summed E-state index contributed by atoms with van der Waals surface area (Å²) in [5.41, 5.74) is 1.13. The summed E-state index contributed by atoms with van der Waals surface area (Å²) < 4.78 is 10.7. The first-order valence-corrected chi connectivity index (χ1v) is 5.15. The molecular formula is C11H17NO2. The zero-order chi connectivity index (χ0) is 9.80. The minimum absolute atomic E-state index is 0.461. The summed E-state index contributed by atoms with van der Waals surface area (Å²) in [5, 5.41) is 3.19. The molecule has 1 aliphatic rings. The van der Waals surface area contributed by atoms with Crippen molar-refractivity contribution in [3.63, 3.8) is 0 Å². The Morgan fingerprint density at radius 1 is 1.57 bits per heavy atom. The number of rotatable bonds is 5. The Hall–Kier alpha value is -0.800. The lowest BCUT2D eigenvalue weighted by Gasteiger charge is -2.34. The van der Waals surface area contributed by atoms with Gasteiger partial charge in [0.05, 0.1) is 25.2 Å². The van der Waals surface area contributed by atoms with Gasteiger partial charge < -0.3 is 14.5 Å². The van der Waals surface area contributed by atoms with Crippen molar-refractivity contribution in [2.45, 2.75) is 25.6 Å². The minimum atomic E-state index is 0.461. The van der Waals surface area contributed by atoms with Crippen molar-refractivity contribution >= 4 is 0 Å². The second-order valence-corrected chi connectivity index (χ2v) is 3.96. The van der Waals surface area contributed by atoms with Gasteiger partial charge in [0.2, 0.25) is 0 Å². The topological polar surface area (TPSA) is 34.4 Å². The third-order valence-electron chi connectivity index (χ3n) is 2.75. The summed E-state index contributed by atoms with van der Waals surface area (Å²) in [7, 11) is 2.00. The molecule has 0 unspecified atom stereocenters. The molecule has 0 atom stereocenters. The highest BCUT2D eigenvalue weighted by Crippen LogP contribution is 2.29. The maximum Gasteiger partial charge on any atom is 0.0957 e. The van der Waals surface area contributed by atoms with Gasteiger partial charge in [-0.15, -0.1) is 0 Å². The first-order valence-electron chi connectivity index (χ1n) is 5.15. The number of hydrogen-bond donors (Lipinski definition) is 1. The van der Waals surface area contributed by atoms with Crippen molar-refractivity contribution in [2.24, 2.45) is 5.92 Å². The summed E-state index contributed by atoms with van der Waals surface area (Å²) in [6.45, 7) is 1.80. The van der Waals surface area contributed by atoms with Crippen LogP contribution in [0.2, 0.25) is 0 Å². The number of hydrogen-bond acceptors (Lipinski definition) is 3. The standard InChI is InChI=1S/C11H17NO2/c1-12-6-10-4-11(5-10)14-8-9-2-3-13-7-9/h2-3,7,10-12H,4-6,8H2,1H3. The van der Waals surface area contributed by atoms with Gasteiger partial charge in [-0.25, -0.2) is 0 Å². The molecule has 1 aromatic heterocycles. The summed E-state index contributed by atoms with van der Waals surface area (Å²) in [6, 6.07) is 1.95. The molecule has 1 heterocycles. The van der Waals surface area contributed by atoms with E-state index in [2.05, 4.69) is 5.32 Å². The Bertz CT molecular complexity index is 252. The number of nitrogens with one attached hydrogen (secondary N) is 1. The molecule has 78 valence electrons. The first kappa shape index (κ1) is 9.74. The lowest BCUT2D eigenvalue weighted by atomic mass is 9.82. The Kier molecular flexibility index (Phi) is 3.22. The van der Waals surface area contributed by atoms with E-state index in [0.29, 0.717) is 12.7 Å². The van der Waals surface area contributed by atoms with Gasteiger partial charge in [0, 0.05) is 5.56 Å². The average molecular weight is 195 g/mol. The van der Waals surface area contributed by atoms with Gasteiger partial charge in [-0.3, -0.25) is 0 Å². The van der Waals surface area contributed by atoms with E-state index in [0.717, 1.165) is 18.0 Å². The largest absolute Gasteiger partial charge is 0.472 e. The molecule has 0 radical (unpaired) electrons. The maximum atomic E-state index is 5.71. The van der Waals surface area contributed by atoms with Gasteiger partial charge in [-0.1, -0.05) is 0 Å². The van der Waals surface area contributed by atoms with E-state index >= 15 is 0 Å². The molecule has 1 aromatic rings. The molecule has 0 amide bonds. The van der Waals surface area contributed by atoms with Crippen molar-refractivity contribution in [2.75, 3.05) is 13.6 Å². The van der Waals surface area contributed by atoms with Gasteiger partial charge in [-0.2, -0.15) is 0 Å². The van der Waals surface area contributed by atoms with Gasteiger partial charge in [-0.05, 0) is 38.4 Å². The molecule has 1 aliphatic carbocycles. The molecular weight excluding hydrogens is 178 g/mol. The third kappa shape index (κ3) is 2.36. The van der Waals surface area contributed by atoms with Crippen LogP contribution in [0.4, 0.5) is 0 Å². The van der Waals surface area contributed by atoms with Crippen LogP contribution in [0.3, 0.4) is 0 Å². The van der Waals surface area contributed by atoms with Crippen LogP contribution in [0.15, 0.2) is 23.0 Å². The van der Waals surface area contributed by atoms with Gasteiger partial charge >= 0.3 is 0 Å². The molecule has 0 aromatic carbocycles. The smallest absolute Gasteiger partial charge is 0.0957 e. The molecule has 1 N–H and O–H groups in total. The number of ether oxygens (including phenoxy) is 1. The van der Waals surface area contributed by atoms with E-state index in [4.69, 9.17) is 9.15 Å². The Morgan fingerprint density at radius 2 is 2.43 bits per heavy atom. The SMILES string of the molecule is CNCC1CC(OCc2ccoc2)C1. The van der Waals surface area contributed by atoms with Crippen molar-refractivity contribution < 1.29 is 9.15 Å². The highest BCUT2D eigenvalue weighted by molar-refractivity contribution is 5.03. The lowest BCUT2D eigenvalue weighted by molar-refractivity contribution is -0.0392. The summed E-state index contributed by atoms with van der Waals surface area (Å²) >= 11 is 0. The van der Waals surface area contributed by atoms with Crippen LogP contribution in [0.5, 0.6) is 0 Å². The molecule has 2 rings (SSSR count). The molecule has 0 spiro atoms. The fraction of sp³-hybridized carbons (Fsp3) is 0.636. The van der Waals surface area contributed by atoms with Crippen molar-refractivity contribution in [1.82, 2.24) is 5.32 Å². The molecule has 0 saturated heterocycles. The molecule has 0 bridgehead atoms. The van der Waals surface area contributed by atoms with E-state index in [1.54, 1.807) is 12.5 Å². The molecule has 3 heteroatoms. The average Bonchev–Trinajstić information content (AvgIpc) is 2.61. The Balaban J connectivity index is 1.61. The van der Waals surface area contributed by atoms with Crippen LogP contribution in [-0.2, 0) is 11.3 Å². The monoisotopic (exact) mass is 195 g/mol. The summed E-state index contributed by atoms with van der Waals surface area (Å²) in [4.78, 5) is 0. The minimum Gasteiger partial charge on any atom is -0.472 e. The Morgan fingerprint density at radius 3 is 3.07 bits per heavy atom. The second kappa shape index (κ2) is 4.62. The van der Waals surface area contributed by atoms with Crippen molar-refractivity contribution in [3.05, 3.63) is 24.2 Å². The van der Waals surface area contributed by atoms with Gasteiger partial charge in [0.1, 0.15) is 0 Å². The lowest BCUT2D eigenvalue weighted by Crippen LogP contribution is -2.36. The van der Waals surface area contributed by atoms with Crippen LogP contribution in [0, 0.1) is 5.92 Å². The van der Waals surface area contributed by atoms with E-state index in [-0.39, 0.29) is 0 Å². The van der Waals surface area contributed by atoms with Crippen molar-refractivity contribution in [3.8, 4) is 0 Å². The van der Waals surface area contributed by atoms with Crippen LogP contribution in [0.25, 0.3) is 0 Å². The first-order chi connectivity index (χ1) is 6.88. The number of furan rings is 1. The van der Waals surface area contributed by atoms with E-state index in [9.17, 15) is 0 Å². The highest BCUT2D eigenvalue weighted by atomic mass is 16.5. The predicted octanol–water partition coefficient (Wildman–Crippen LogP) is 1.79. The fourth-order valence-corrected chi connectivity index (χ4v) is 1.85. The van der Waals surface area contributed by atoms with E-state index in [1.807, 2.05) is 13.1 Å². The second-order valence-electron chi connectivity index (χ2n) is 3.96. The quantitative estimate of drug-likeness (QED) is 0.778. The van der Waals surface area contributed by atoms with Crippen LogP contribution in [-0.4, -0.2) is 19.7 Å².